The zero-order valence-electron chi connectivity index (χ0n) is 9.43. The Hall–Kier alpha value is -0.680. The van der Waals surface area contributed by atoms with Crippen LogP contribution < -0.4 is 0 Å². The smallest absolute Gasteiger partial charge is 0.254 e. The third-order valence-electron chi connectivity index (χ3n) is 2.48. The average Bonchev–Trinajstić information content (AvgIpc) is 2.29. The van der Waals surface area contributed by atoms with Gasteiger partial charge in [0.05, 0.1) is 6.54 Å². The lowest BCUT2D eigenvalue weighted by atomic mass is 9.98. The maximum atomic E-state index is 11.6. The molecular weight excluding hydrogens is 272 g/mol. The fourth-order valence-electron chi connectivity index (χ4n) is 1.67. The van der Waals surface area contributed by atoms with Crippen LogP contribution in [0, 0.1) is 0 Å². The van der Waals surface area contributed by atoms with Gasteiger partial charge in [0, 0.05) is 25.2 Å². The molecule has 16 heavy (non-hydrogen) atoms. The lowest BCUT2D eigenvalue weighted by Crippen LogP contribution is -2.66. The van der Waals surface area contributed by atoms with Crippen molar-refractivity contribution in [2.24, 2.45) is 4.99 Å². The summed E-state index contributed by atoms with van der Waals surface area (Å²) in [6, 6.07) is -0.0171. The molecule has 0 saturated carbocycles. The van der Waals surface area contributed by atoms with E-state index >= 15 is 0 Å². The summed E-state index contributed by atoms with van der Waals surface area (Å²) in [6.07, 6.45) is 4.09. The Morgan fingerprint density at radius 1 is 1.69 bits per heavy atom. The first-order chi connectivity index (χ1) is 7.76. The van der Waals surface area contributed by atoms with Crippen LogP contribution in [0.5, 0.6) is 0 Å². The van der Waals surface area contributed by atoms with Crippen molar-refractivity contribution in [2.75, 3.05) is 25.5 Å². The van der Waals surface area contributed by atoms with Crippen LogP contribution in [-0.2, 0) is 9.53 Å². The van der Waals surface area contributed by atoms with Gasteiger partial charge in [-0.2, -0.15) is 0 Å². The van der Waals surface area contributed by atoms with Gasteiger partial charge in [0.2, 0.25) is 0 Å². The summed E-state index contributed by atoms with van der Waals surface area (Å²) < 4.78 is 5.13. The highest BCUT2D eigenvalue weighted by atomic mass is 79.9. The Morgan fingerprint density at radius 3 is 3.00 bits per heavy atom. The molecule has 0 aromatic heterocycles. The summed E-state index contributed by atoms with van der Waals surface area (Å²) in [7, 11) is 1.55. The molecule has 1 heterocycles. The van der Waals surface area contributed by atoms with E-state index in [-0.39, 0.29) is 18.1 Å². The Balaban J connectivity index is 2.54. The second-order valence-corrected chi connectivity index (χ2v) is 4.32. The Kier molecular flexibility index (Phi) is 5.69. The molecule has 1 fully saturated rings. The Labute approximate surface area is 104 Å². The number of carbonyl (C=O) groups excluding carboxylic acids is 1. The minimum absolute atomic E-state index is 0.0171. The fraction of sp³-hybridized carbons (Fsp3) is 0.636. The second-order valence-electron chi connectivity index (χ2n) is 3.52. The van der Waals surface area contributed by atoms with Crippen molar-refractivity contribution in [1.29, 1.82) is 0 Å². The molecule has 5 heteroatoms. The van der Waals surface area contributed by atoms with Crippen molar-refractivity contribution < 1.29 is 9.53 Å². The van der Waals surface area contributed by atoms with Gasteiger partial charge >= 0.3 is 0 Å². The summed E-state index contributed by atoms with van der Waals surface area (Å²) in [5.41, 5.74) is 0. The number of likely N-dealkylation sites (tertiary alicyclic amines) is 1. The first-order valence-electron chi connectivity index (χ1n) is 5.26. The van der Waals surface area contributed by atoms with Gasteiger partial charge in [-0.15, -0.1) is 6.58 Å². The predicted octanol–water partition coefficient (Wildman–Crippen LogP) is 1.25. The molecule has 1 aliphatic rings. The topological polar surface area (TPSA) is 41.9 Å². The average molecular weight is 289 g/mol. The Morgan fingerprint density at radius 2 is 2.44 bits per heavy atom. The number of nitrogens with zero attached hydrogens (tertiary/aromatic N) is 2. The van der Waals surface area contributed by atoms with Crippen LogP contribution in [0.15, 0.2) is 17.6 Å². The van der Waals surface area contributed by atoms with Crippen LogP contribution in [0.1, 0.15) is 6.42 Å². The first-order valence-corrected chi connectivity index (χ1v) is 6.38. The van der Waals surface area contributed by atoms with Crippen LogP contribution in [0.3, 0.4) is 0 Å². The third-order valence-corrected chi connectivity index (χ3v) is 3.04. The molecule has 0 bridgehead atoms. The highest BCUT2D eigenvalue weighted by molar-refractivity contribution is 9.09. The molecule has 2 atom stereocenters. The van der Waals surface area contributed by atoms with E-state index in [2.05, 4.69) is 27.5 Å². The van der Waals surface area contributed by atoms with E-state index in [4.69, 9.17) is 4.74 Å². The van der Waals surface area contributed by atoms with Gasteiger partial charge in [-0.25, -0.2) is 0 Å². The molecule has 0 aliphatic carbocycles. The number of rotatable bonds is 7. The van der Waals surface area contributed by atoms with E-state index in [1.807, 2.05) is 0 Å². The Bertz CT molecular complexity index is 281. The number of β-lactam (4-membered cyclic amide) rings is 1. The van der Waals surface area contributed by atoms with E-state index in [9.17, 15) is 4.79 Å². The van der Waals surface area contributed by atoms with Gasteiger partial charge in [0.1, 0.15) is 6.04 Å². The monoisotopic (exact) mass is 288 g/mol. The quantitative estimate of drug-likeness (QED) is 0.306. The van der Waals surface area contributed by atoms with Crippen molar-refractivity contribution >= 4 is 28.1 Å². The molecule has 0 spiro atoms. The summed E-state index contributed by atoms with van der Waals surface area (Å²) in [6.45, 7) is 4.91. The molecule has 0 N–H and O–H groups in total. The fourth-order valence-corrected chi connectivity index (χ4v) is 1.92. The van der Waals surface area contributed by atoms with Crippen LogP contribution in [0.25, 0.3) is 0 Å². The molecule has 1 rings (SSSR count). The lowest BCUT2D eigenvalue weighted by Gasteiger charge is -2.44. The summed E-state index contributed by atoms with van der Waals surface area (Å²) in [5.74, 6) is 0.0542. The maximum Gasteiger partial charge on any atom is 0.254 e. The lowest BCUT2D eigenvalue weighted by molar-refractivity contribution is -0.163. The molecule has 4 nitrogen and oxygen atoms in total. The zero-order valence-corrected chi connectivity index (χ0v) is 11.0. The van der Waals surface area contributed by atoms with Gasteiger partial charge < -0.3 is 9.64 Å². The standard InChI is InChI=1S/C11H17BrN2O2/c1-3-6-13-8-9-10(16-2)11(15)14(9)7-4-5-12/h3,8-10H,1,4-7H2,2H3/t9-,10+/m0/s1. The molecule has 1 amide bonds. The van der Waals surface area contributed by atoms with E-state index in [0.717, 1.165) is 18.3 Å². The summed E-state index contributed by atoms with van der Waals surface area (Å²) in [4.78, 5) is 17.6. The van der Waals surface area contributed by atoms with Gasteiger partial charge in [-0.05, 0) is 6.42 Å². The molecule has 1 saturated heterocycles. The minimum atomic E-state index is -0.358. The van der Waals surface area contributed by atoms with Crippen molar-refractivity contribution in [3.8, 4) is 0 Å². The highest BCUT2D eigenvalue weighted by Crippen LogP contribution is 2.21. The third kappa shape index (κ3) is 2.92. The van der Waals surface area contributed by atoms with Crippen LogP contribution in [0.4, 0.5) is 0 Å². The summed E-state index contributed by atoms with van der Waals surface area (Å²) in [5, 5.41) is 0.894. The van der Waals surface area contributed by atoms with Gasteiger partial charge in [-0.3, -0.25) is 9.79 Å². The number of alkyl halides is 1. The van der Waals surface area contributed by atoms with Crippen LogP contribution >= 0.6 is 15.9 Å². The van der Waals surface area contributed by atoms with E-state index < -0.39 is 0 Å². The predicted molar refractivity (Wildman–Crippen MR) is 68.3 cm³/mol. The SMILES string of the molecule is C=CCN=C[C@H]1[C@@H](OC)C(=O)N1CCCBr. The molecule has 0 radical (unpaired) electrons. The number of hydrogen-bond acceptors (Lipinski definition) is 3. The van der Waals surface area contributed by atoms with Gasteiger partial charge in [0.25, 0.3) is 5.91 Å². The van der Waals surface area contributed by atoms with Gasteiger partial charge in [0.15, 0.2) is 6.10 Å². The second kappa shape index (κ2) is 6.81. The maximum absolute atomic E-state index is 11.6. The first kappa shape index (κ1) is 13.4. The van der Waals surface area contributed by atoms with E-state index in [1.165, 1.54) is 0 Å². The molecule has 0 unspecified atom stereocenters. The highest BCUT2D eigenvalue weighted by Gasteiger charge is 2.46. The minimum Gasteiger partial charge on any atom is -0.369 e. The molecule has 90 valence electrons. The molecular formula is C11H17BrN2O2. The largest absolute Gasteiger partial charge is 0.369 e. The number of amides is 1. The number of hydrogen-bond donors (Lipinski definition) is 0. The number of ether oxygens (including phenoxy) is 1. The van der Waals surface area contributed by atoms with Crippen molar-refractivity contribution in [1.82, 2.24) is 4.90 Å². The summed E-state index contributed by atoms with van der Waals surface area (Å²) >= 11 is 3.35. The van der Waals surface area contributed by atoms with Crippen molar-refractivity contribution in [2.45, 2.75) is 18.6 Å². The number of methoxy groups -OCH3 is 1. The van der Waals surface area contributed by atoms with Crippen LogP contribution in [0.2, 0.25) is 0 Å². The van der Waals surface area contributed by atoms with Crippen molar-refractivity contribution in [3.05, 3.63) is 12.7 Å². The van der Waals surface area contributed by atoms with Crippen LogP contribution in [-0.4, -0.2) is 54.7 Å². The molecule has 0 aromatic carbocycles. The van der Waals surface area contributed by atoms with E-state index in [0.29, 0.717) is 6.54 Å². The van der Waals surface area contributed by atoms with E-state index in [1.54, 1.807) is 24.3 Å². The molecule has 0 aromatic rings. The normalized spacial score (nSPS) is 24.9. The van der Waals surface area contributed by atoms with Gasteiger partial charge in [-0.1, -0.05) is 22.0 Å². The van der Waals surface area contributed by atoms with Crippen molar-refractivity contribution in [3.63, 3.8) is 0 Å². The number of carbonyl (C=O) groups is 1. The number of halogens is 1. The number of aliphatic imine (C=N–C) groups is 1. The molecule has 1 aliphatic heterocycles. The zero-order chi connectivity index (χ0) is 12.0.